The summed E-state index contributed by atoms with van der Waals surface area (Å²) < 4.78 is 43.0. The molecule has 1 aromatic heterocycles. The summed E-state index contributed by atoms with van der Waals surface area (Å²) in [6.07, 6.45) is -2.23. The number of amides is 1. The smallest absolute Gasteiger partial charge is 0.379 e. The molecular formula is C13H16F3N3O2. The van der Waals surface area contributed by atoms with Crippen LogP contribution in [-0.2, 0) is 10.9 Å². The summed E-state index contributed by atoms with van der Waals surface area (Å²) in [5.41, 5.74) is 3.90. The maximum Gasteiger partial charge on any atom is 0.433 e. The average molecular weight is 303 g/mol. The summed E-state index contributed by atoms with van der Waals surface area (Å²) in [5, 5.41) is 2.62. The number of alkyl halides is 3. The van der Waals surface area contributed by atoms with Gasteiger partial charge in [-0.1, -0.05) is 6.08 Å². The molecule has 21 heavy (non-hydrogen) atoms. The SMILES string of the molecule is C=CCCOCCNc1nc(C(F)(F)F)ccc1C(N)=O. The van der Waals surface area contributed by atoms with Gasteiger partial charge in [-0.05, 0) is 18.6 Å². The van der Waals surface area contributed by atoms with Crippen LogP contribution < -0.4 is 11.1 Å². The number of nitrogens with one attached hydrogen (secondary N) is 1. The standard InChI is InChI=1S/C13H16F3N3O2/c1-2-3-7-21-8-6-18-12-9(11(17)20)4-5-10(19-12)13(14,15)16/h2,4-5H,1,3,6-8H2,(H2,17,20)(H,18,19). The molecule has 0 aromatic carbocycles. The zero-order chi connectivity index (χ0) is 15.9. The molecule has 1 rings (SSSR count). The lowest BCUT2D eigenvalue weighted by Crippen LogP contribution is -2.20. The zero-order valence-electron chi connectivity index (χ0n) is 11.2. The molecule has 1 heterocycles. The fourth-order valence-electron chi connectivity index (χ4n) is 1.46. The van der Waals surface area contributed by atoms with Crippen LogP contribution in [0.2, 0.25) is 0 Å². The molecule has 0 fully saturated rings. The van der Waals surface area contributed by atoms with Gasteiger partial charge < -0.3 is 15.8 Å². The van der Waals surface area contributed by atoms with E-state index in [2.05, 4.69) is 16.9 Å². The Hall–Kier alpha value is -2.09. The highest BCUT2D eigenvalue weighted by atomic mass is 19.4. The number of rotatable bonds is 8. The average Bonchev–Trinajstić information content (AvgIpc) is 2.41. The van der Waals surface area contributed by atoms with Crippen molar-refractivity contribution in [2.24, 2.45) is 5.73 Å². The molecule has 0 atom stereocenters. The van der Waals surface area contributed by atoms with E-state index < -0.39 is 17.8 Å². The lowest BCUT2D eigenvalue weighted by Gasteiger charge is -2.12. The van der Waals surface area contributed by atoms with Crippen molar-refractivity contribution in [3.8, 4) is 0 Å². The summed E-state index contributed by atoms with van der Waals surface area (Å²) in [5.74, 6) is -1.06. The number of anilines is 1. The Kier molecular flexibility index (Phi) is 6.16. The molecule has 5 nitrogen and oxygen atoms in total. The normalized spacial score (nSPS) is 11.2. The van der Waals surface area contributed by atoms with Crippen molar-refractivity contribution in [1.82, 2.24) is 4.98 Å². The zero-order valence-corrected chi connectivity index (χ0v) is 11.2. The third-order valence-electron chi connectivity index (χ3n) is 2.46. The van der Waals surface area contributed by atoms with Crippen LogP contribution in [0.15, 0.2) is 24.8 Å². The fraction of sp³-hybridized carbons (Fsp3) is 0.385. The molecule has 0 unspecified atom stereocenters. The van der Waals surface area contributed by atoms with Crippen LogP contribution >= 0.6 is 0 Å². The Labute approximate surface area is 120 Å². The molecule has 0 aliphatic heterocycles. The Morgan fingerprint density at radius 3 is 2.71 bits per heavy atom. The first kappa shape index (κ1) is 17.0. The number of hydrogen-bond acceptors (Lipinski definition) is 4. The summed E-state index contributed by atoms with van der Waals surface area (Å²) in [6, 6.07) is 1.71. The molecule has 3 N–H and O–H groups in total. The van der Waals surface area contributed by atoms with E-state index in [0.29, 0.717) is 19.1 Å². The van der Waals surface area contributed by atoms with Crippen molar-refractivity contribution in [3.05, 3.63) is 36.0 Å². The maximum atomic E-state index is 12.6. The van der Waals surface area contributed by atoms with Crippen LogP contribution in [0.1, 0.15) is 22.5 Å². The van der Waals surface area contributed by atoms with Crippen molar-refractivity contribution in [3.63, 3.8) is 0 Å². The number of nitrogens with two attached hydrogens (primary N) is 1. The molecule has 0 saturated heterocycles. The summed E-state index contributed by atoms with van der Waals surface area (Å²) in [6.45, 7) is 4.44. The number of primary amides is 1. The van der Waals surface area contributed by atoms with E-state index in [9.17, 15) is 18.0 Å². The van der Waals surface area contributed by atoms with Gasteiger partial charge in [0.2, 0.25) is 0 Å². The molecular weight excluding hydrogens is 287 g/mol. The molecule has 116 valence electrons. The third-order valence-corrected chi connectivity index (χ3v) is 2.46. The number of nitrogens with zero attached hydrogens (tertiary/aromatic N) is 1. The Balaban J connectivity index is 2.73. The Morgan fingerprint density at radius 2 is 2.14 bits per heavy atom. The van der Waals surface area contributed by atoms with E-state index in [4.69, 9.17) is 10.5 Å². The highest BCUT2D eigenvalue weighted by molar-refractivity contribution is 5.97. The second kappa shape index (κ2) is 7.63. The first-order chi connectivity index (χ1) is 9.86. The summed E-state index contributed by atoms with van der Waals surface area (Å²) in [4.78, 5) is 14.6. The summed E-state index contributed by atoms with van der Waals surface area (Å²) in [7, 11) is 0. The van der Waals surface area contributed by atoms with Crippen LogP contribution in [0.4, 0.5) is 19.0 Å². The van der Waals surface area contributed by atoms with Crippen LogP contribution in [0.25, 0.3) is 0 Å². The lowest BCUT2D eigenvalue weighted by molar-refractivity contribution is -0.141. The van der Waals surface area contributed by atoms with E-state index >= 15 is 0 Å². The topological polar surface area (TPSA) is 77.2 Å². The van der Waals surface area contributed by atoms with Crippen LogP contribution in [0, 0.1) is 0 Å². The van der Waals surface area contributed by atoms with Gasteiger partial charge in [-0.2, -0.15) is 13.2 Å². The minimum absolute atomic E-state index is 0.103. The number of carbonyl (C=O) groups is 1. The number of pyridine rings is 1. The molecule has 0 radical (unpaired) electrons. The highest BCUT2D eigenvalue weighted by Gasteiger charge is 2.33. The van der Waals surface area contributed by atoms with E-state index in [1.807, 2.05) is 0 Å². The van der Waals surface area contributed by atoms with Crippen molar-refractivity contribution in [2.75, 3.05) is 25.1 Å². The fourth-order valence-corrected chi connectivity index (χ4v) is 1.46. The second-order valence-electron chi connectivity index (χ2n) is 4.07. The van der Waals surface area contributed by atoms with Crippen LogP contribution in [-0.4, -0.2) is 30.6 Å². The molecule has 0 aliphatic rings. The molecule has 0 aliphatic carbocycles. The van der Waals surface area contributed by atoms with Gasteiger partial charge in [0.25, 0.3) is 5.91 Å². The quantitative estimate of drug-likeness (QED) is 0.570. The van der Waals surface area contributed by atoms with Crippen molar-refractivity contribution in [1.29, 1.82) is 0 Å². The predicted molar refractivity (Wildman–Crippen MR) is 71.9 cm³/mol. The Morgan fingerprint density at radius 1 is 1.43 bits per heavy atom. The van der Waals surface area contributed by atoms with Crippen molar-refractivity contribution >= 4 is 11.7 Å². The largest absolute Gasteiger partial charge is 0.433 e. The summed E-state index contributed by atoms with van der Waals surface area (Å²) >= 11 is 0. The van der Waals surface area contributed by atoms with E-state index in [0.717, 1.165) is 6.07 Å². The van der Waals surface area contributed by atoms with Crippen molar-refractivity contribution in [2.45, 2.75) is 12.6 Å². The Bertz CT molecular complexity index is 504. The van der Waals surface area contributed by atoms with Gasteiger partial charge >= 0.3 is 6.18 Å². The van der Waals surface area contributed by atoms with Gasteiger partial charge in [-0.25, -0.2) is 4.98 Å². The molecule has 1 aromatic rings. The van der Waals surface area contributed by atoms with Gasteiger partial charge in [-0.3, -0.25) is 4.79 Å². The predicted octanol–water partition coefficient (Wildman–Crippen LogP) is 2.20. The van der Waals surface area contributed by atoms with Gasteiger partial charge in [-0.15, -0.1) is 6.58 Å². The highest BCUT2D eigenvalue weighted by Crippen LogP contribution is 2.29. The van der Waals surface area contributed by atoms with Crippen LogP contribution in [0.3, 0.4) is 0 Å². The number of halogens is 3. The lowest BCUT2D eigenvalue weighted by atomic mass is 10.2. The minimum atomic E-state index is -4.59. The van der Waals surface area contributed by atoms with E-state index in [1.54, 1.807) is 6.08 Å². The number of ether oxygens (including phenoxy) is 1. The van der Waals surface area contributed by atoms with E-state index in [1.165, 1.54) is 0 Å². The number of carbonyl (C=O) groups excluding carboxylic acids is 1. The van der Waals surface area contributed by atoms with Crippen LogP contribution in [0.5, 0.6) is 0 Å². The first-order valence-corrected chi connectivity index (χ1v) is 6.17. The number of hydrogen-bond donors (Lipinski definition) is 2. The maximum absolute atomic E-state index is 12.6. The monoisotopic (exact) mass is 303 g/mol. The molecule has 8 heteroatoms. The minimum Gasteiger partial charge on any atom is -0.379 e. The number of aromatic nitrogens is 1. The first-order valence-electron chi connectivity index (χ1n) is 6.17. The molecule has 0 bridgehead atoms. The molecule has 0 spiro atoms. The van der Waals surface area contributed by atoms with Gasteiger partial charge in [0, 0.05) is 6.54 Å². The van der Waals surface area contributed by atoms with Gasteiger partial charge in [0.15, 0.2) is 0 Å². The van der Waals surface area contributed by atoms with Crippen molar-refractivity contribution < 1.29 is 22.7 Å². The van der Waals surface area contributed by atoms with Gasteiger partial charge in [0.1, 0.15) is 11.5 Å². The van der Waals surface area contributed by atoms with E-state index in [-0.39, 0.29) is 24.5 Å². The molecule has 0 saturated carbocycles. The second-order valence-corrected chi connectivity index (χ2v) is 4.07. The third kappa shape index (κ3) is 5.42. The van der Waals surface area contributed by atoms with Gasteiger partial charge in [0.05, 0.1) is 18.8 Å². The molecule has 1 amide bonds.